The van der Waals surface area contributed by atoms with Crippen LogP contribution in [0.25, 0.3) is 0 Å². The molecule has 1 fully saturated rings. The number of anilines is 1. The molecule has 4 nitrogen and oxygen atoms in total. The molecule has 0 saturated carbocycles. The summed E-state index contributed by atoms with van der Waals surface area (Å²) in [5.41, 5.74) is 0. The first kappa shape index (κ1) is 15.9. The van der Waals surface area contributed by atoms with Gasteiger partial charge in [-0.05, 0) is 18.2 Å². The fourth-order valence-corrected chi connectivity index (χ4v) is 3.57. The number of piperazine rings is 1. The maximum Gasteiger partial charge on any atom is 0.185 e. The maximum atomic E-state index is 6.09. The van der Waals surface area contributed by atoms with Crippen LogP contribution >= 0.6 is 34.5 Å². The maximum absolute atomic E-state index is 6.09. The van der Waals surface area contributed by atoms with Crippen LogP contribution in [0.3, 0.4) is 0 Å². The monoisotopic (exact) mass is 357 g/mol. The Morgan fingerprint density at radius 2 is 2.00 bits per heavy atom. The minimum atomic E-state index is 0.557. The molecular weight excluding hydrogens is 341 g/mol. The molecule has 1 saturated heterocycles. The first-order valence-electron chi connectivity index (χ1n) is 7.17. The van der Waals surface area contributed by atoms with Gasteiger partial charge in [-0.15, -0.1) is 11.3 Å². The molecule has 0 unspecified atom stereocenters. The van der Waals surface area contributed by atoms with E-state index in [0.717, 1.165) is 37.9 Å². The molecule has 2 heterocycles. The van der Waals surface area contributed by atoms with Crippen LogP contribution in [0.15, 0.2) is 29.8 Å². The molecule has 1 aliphatic heterocycles. The average Bonchev–Trinajstić information content (AvgIpc) is 3.04. The molecule has 1 aliphatic rings. The van der Waals surface area contributed by atoms with E-state index in [1.807, 2.05) is 17.6 Å². The minimum Gasteiger partial charge on any atom is -0.491 e. The Labute approximate surface area is 144 Å². The summed E-state index contributed by atoms with van der Waals surface area (Å²) in [5.74, 6) is 0.687. The van der Waals surface area contributed by atoms with Crippen molar-refractivity contribution >= 4 is 39.7 Å². The van der Waals surface area contributed by atoms with Gasteiger partial charge in [-0.2, -0.15) is 0 Å². The van der Waals surface area contributed by atoms with Crippen LogP contribution in [-0.4, -0.2) is 49.2 Å². The summed E-state index contributed by atoms with van der Waals surface area (Å²) in [4.78, 5) is 9.09. The number of rotatable bonds is 5. The SMILES string of the molecule is Clc1ccc(OCCN2CCN(c3nccs3)CC2)c(Cl)c1. The third-order valence-electron chi connectivity index (χ3n) is 3.62. The van der Waals surface area contributed by atoms with Crippen LogP contribution in [0.4, 0.5) is 5.13 Å². The highest BCUT2D eigenvalue weighted by Gasteiger charge is 2.18. The molecule has 0 bridgehead atoms. The van der Waals surface area contributed by atoms with Gasteiger partial charge in [-0.25, -0.2) is 4.98 Å². The number of aromatic nitrogens is 1. The molecule has 0 spiro atoms. The lowest BCUT2D eigenvalue weighted by Gasteiger charge is -2.34. The standard InChI is InChI=1S/C15H17Cl2N3OS/c16-12-1-2-14(13(17)11-12)21-9-8-19-4-6-20(7-5-19)15-18-3-10-22-15/h1-3,10-11H,4-9H2. The zero-order chi connectivity index (χ0) is 15.4. The van der Waals surface area contributed by atoms with Crippen molar-refractivity contribution in [2.75, 3.05) is 44.2 Å². The molecule has 1 aromatic heterocycles. The lowest BCUT2D eigenvalue weighted by atomic mass is 10.3. The van der Waals surface area contributed by atoms with Gasteiger partial charge in [0.1, 0.15) is 12.4 Å². The highest BCUT2D eigenvalue weighted by molar-refractivity contribution is 7.13. The van der Waals surface area contributed by atoms with E-state index in [4.69, 9.17) is 27.9 Å². The van der Waals surface area contributed by atoms with Crippen molar-refractivity contribution in [1.82, 2.24) is 9.88 Å². The quantitative estimate of drug-likeness (QED) is 0.816. The molecule has 2 aromatic rings. The van der Waals surface area contributed by atoms with Crippen molar-refractivity contribution in [3.05, 3.63) is 39.8 Å². The Morgan fingerprint density at radius 1 is 1.18 bits per heavy atom. The molecule has 22 heavy (non-hydrogen) atoms. The largest absolute Gasteiger partial charge is 0.491 e. The minimum absolute atomic E-state index is 0.557. The number of ether oxygens (including phenoxy) is 1. The number of benzene rings is 1. The van der Waals surface area contributed by atoms with Crippen molar-refractivity contribution < 1.29 is 4.74 Å². The van der Waals surface area contributed by atoms with Crippen molar-refractivity contribution in [2.45, 2.75) is 0 Å². The smallest absolute Gasteiger partial charge is 0.185 e. The summed E-state index contributed by atoms with van der Waals surface area (Å²) in [6.45, 7) is 5.59. The number of hydrogen-bond donors (Lipinski definition) is 0. The molecule has 0 aliphatic carbocycles. The molecule has 1 aromatic carbocycles. The summed E-state index contributed by atoms with van der Waals surface area (Å²) in [5, 5.41) is 4.31. The van der Waals surface area contributed by atoms with Gasteiger partial charge in [-0.1, -0.05) is 23.2 Å². The van der Waals surface area contributed by atoms with Crippen LogP contribution in [0.2, 0.25) is 10.0 Å². The Hall–Kier alpha value is -1.01. The molecular formula is C15H17Cl2N3OS. The Kier molecular flexibility index (Phi) is 5.41. The topological polar surface area (TPSA) is 28.6 Å². The number of nitrogens with zero attached hydrogens (tertiary/aromatic N) is 3. The lowest BCUT2D eigenvalue weighted by molar-refractivity contribution is 0.200. The van der Waals surface area contributed by atoms with Gasteiger partial charge in [0.15, 0.2) is 5.13 Å². The Balaban J connectivity index is 1.42. The van der Waals surface area contributed by atoms with E-state index in [1.165, 1.54) is 0 Å². The van der Waals surface area contributed by atoms with Gasteiger partial charge >= 0.3 is 0 Å². The van der Waals surface area contributed by atoms with Crippen LogP contribution in [-0.2, 0) is 0 Å². The van der Waals surface area contributed by atoms with E-state index in [0.29, 0.717) is 22.4 Å². The molecule has 0 amide bonds. The summed E-state index contributed by atoms with van der Waals surface area (Å²) in [6.07, 6.45) is 1.86. The predicted octanol–water partition coefficient (Wildman–Crippen LogP) is 3.65. The first-order chi connectivity index (χ1) is 10.7. The van der Waals surface area contributed by atoms with E-state index in [1.54, 1.807) is 23.5 Å². The van der Waals surface area contributed by atoms with Crippen LogP contribution in [0.5, 0.6) is 5.75 Å². The molecule has 0 radical (unpaired) electrons. The zero-order valence-corrected chi connectivity index (χ0v) is 14.4. The summed E-state index contributed by atoms with van der Waals surface area (Å²) < 4.78 is 5.74. The normalized spacial score (nSPS) is 16.0. The highest BCUT2D eigenvalue weighted by atomic mass is 35.5. The van der Waals surface area contributed by atoms with E-state index in [-0.39, 0.29) is 0 Å². The zero-order valence-electron chi connectivity index (χ0n) is 12.0. The number of hydrogen-bond acceptors (Lipinski definition) is 5. The molecule has 0 atom stereocenters. The van der Waals surface area contributed by atoms with Gasteiger partial charge in [0.2, 0.25) is 0 Å². The van der Waals surface area contributed by atoms with Crippen LogP contribution in [0.1, 0.15) is 0 Å². The second-order valence-electron chi connectivity index (χ2n) is 5.07. The van der Waals surface area contributed by atoms with Gasteiger partial charge < -0.3 is 9.64 Å². The predicted molar refractivity (Wildman–Crippen MR) is 92.7 cm³/mol. The third-order valence-corrected chi connectivity index (χ3v) is 4.98. The van der Waals surface area contributed by atoms with Gasteiger partial charge in [0, 0.05) is 49.3 Å². The lowest BCUT2D eigenvalue weighted by Crippen LogP contribution is -2.47. The second-order valence-corrected chi connectivity index (χ2v) is 6.78. The van der Waals surface area contributed by atoms with Gasteiger partial charge in [0.05, 0.1) is 5.02 Å². The van der Waals surface area contributed by atoms with E-state index in [9.17, 15) is 0 Å². The third kappa shape index (κ3) is 4.04. The molecule has 0 N–H and O–H groups in total. The molecule has 7 heteroatoms. The second kappa shape index (κ2) is 7.51. The van der Waals surface area contributed by atoms with E-state index < -0.39 is 0 Å². The van der Waals surface area contributed by atoms with Gasteiger partial charge in [-0.3, -0.25) is 4.90 Å². The number of thiazole rings is 1. The molecule has 3 rings (SSSR count). The van der Waals surface area contributed by atoms with Crippen molar-refractivity contribution in [3.8, 4) is 5.75 Å². The summed E-state index contributed by atoms with van der Waals surface area (Å²) in [7, 11) is 0. The van der Waals surface area contributed by atoms with Gasteiger partial charge in [0.25, 0.3) is 0 Å². The first-order valence-corrected chi connectivity index (χ1v) is 8.80. The van der Waals surface area contributed by atoms with Crippen molar-refractivity contribution in [1.29, 1.82) is 0 Å². The van der Waals surface area contributed by atoms with E-state index >= 15 is 0 Å². The Bertz CT molecular complexity index is 601. The van der Waals surface area contributed by atoms with Crippen LogP contribution in [0, 0.1) is 0 Å². The highest BCUT2D eigenvalue weighted by Crippen LogP contribution is 2.27. The van der Waals surface area contributed by atoms with Crippen molar-refractivity contribution in [2.24, 2.45) is 0 Å². The van der Waals surface area contributed by atoms with Crippen LogP contribution < -0.4 is 9.64 Å². The fraction of sp³-hybridized carbons (Fsp3) is 0.400. The molecule has 118 valence electrons. The van der Waals surface area contributed by atoms with E-state index in [2.05, 4.69) is 14.8 Å². The van der Waals surface area contributed by atoms with Crippen molar-refractivity contribution in [3.63, 3.8) is 0 Å². The fourth-order valence-electron chi connectivity index (χ4n) is 2.41. The Morgan fingerprint density at radius 3 is 2.68 bits per heavy atom. The summed E-state index contributed by atoms with van der Waals surface area (Å²) in [6, 6.07) is 5.30. The number of halogens is 2. The average molecular weight is 358 g/mol. The summed E-state index contributed by atoms with van der Waals surface area (Å²) >= 11 is 13.7.